The van der Waals surface area contributed by atoms with Crippen molar-refractivity contribution in [3.8, 4) is 0 Å². The van der Waals surface area contributed by atoms with Crippen molar-refractivity contribution in [1.82, 2.24) is 4.90 Å². The molecular weight excluding hydrogens is 392 g/mol. The quantitative estimate of drug-likeness (QED) is 0.742. The smallest absolute Gasteiger partial charge is 0.278 e. The molecule has 2 aromatic rings. The van der Waals surface area contributed by atoms with Crippen LogP contribution in [0.15, 0.2) is 52.6 Å². The number of anilines is 1. The fourth-order valence-electron chi connectivity index (χ4n) is 3.01. The molecule has 134 valence electrons. The van der Waals surface area contributed by atoms with E-state index in [2.05, 4.69) is 21.2 Å². The van der Waals surface area contributed by atoms with E-state index < -0.39 is 0 Å². The van der Waals surface area contributed by atoms with Gasteiger partial charge in [-0.25, -0.2) is 0 Å². The summed E-state index contributed by atoms with van der Waals surface area (Å²) in [5, 5.41) is 3.17. The SMILES string of the molecule is Cc1ccc(C2=C(Nc3cccc(Br)c3)C(=O)N(C(C)C)C2=O)cc1C. The van der Waals surface area contributed by atoms with Gasteiger partial charge in [0.05, 0.1) is 5.57 Å². The number of aryl methyl sites for hydroxylation is 2. The molecule has 0 saturated heterocycles. The van der Waals surface area contributed by atoms with Gasteiger partial charge in [0.2, 0.25) is 0 Å². The Bertz CT molecular complexity index is 931. The normalized spacial score (nSPS) is 14.6. The van der Waals surface area contributed by atoms with E-state index in [4.69, 9.17) is 0 Å². The Morgan fingerprint density at radius 2 is 1.69 bits per heavy atom. The molecule has 2 aromatic carbocycles. The average molecular weight is 413 g/mol. The Kier molecular flexibility index (Phi) is 5.01. The van der Waals surface area contributed by atoms with Crippen molar-refractivity contribution in [2.24, 2.45) is 0 Å². The van der Waals surface area contributed by atoms with Crippen LogP contribution in [0.25, 0.3) is 5.57 Å². The molecule has 1 heterocycles. The minimum atomic E-state index is -0.293. The second-order valence-electron chi connectivity index (χ2n) is 6.76. The molecule has 26 heavy (non-hydrogen) atoms. The van der Waals surface area contributed by atoms with Gasteiger partial charge < -0.3 is 5.32 Å². The summed E-state index contributed by atoms with van der Waals surface area (Å²) in [6.07, 6.45) is 0. The largest absolute Gasteiger partial charge is 0.350 e. The van der Waals surface area contributed by atoms with Crippen LogP contribution < -0.4 is 5.32 Å². The Hall–Kier alpha value is -2.40. The van der Waals surface area contributed by atoms with Crippen molar-refractivity contribution in [2.45, 2.75) is 33.7 Å². The summed E-state index contributed by atoms with van der Waals surface area (Å²) >= 11 is 3.43. The second kappa shape index (κ2) is 7.08. The van der Waals surface area contributed by atoms with Crippen LogP contribution in [-0.4, -0.2) is 22.8 Å². The van der Waals surface area contributed by atoms with Gasteiger partial charge in [0.1, 0.15) is 5.70 Å². The highest BCUT2D eigenvalue weighted by Crippen LogP contribution is 2.32. The topological polar surface area (TPSA) is 49.4 Å². The molecule has 0 fully saturated rings. The van der Waals surface area contributed by atoms with Crippen molar-refractivity contribution < 1.29 is 9.59 Å². The third kappa shape index (κ3) is 3.31. The molecule has 0 aliphatic carbocycles. The van der Waals surface area contributed by atoms with Gasteiger partial charge in [-0.3, -0.25) is 14.5 Å². The standard InChI is InChI=1S/C21H21BrN2O2/c1-12(2)24-20(25)18(15-9-8-13(3)14(4)10-15)19(21(24)26)23-17-7-5-6-16(22)11-17/h5-12,23H,1-4H3. The molecule has 1 N–H and O–H groups in total. The Balaban J connectivity index is 2.14. The van der Waals surface area contributed by atoms with Gasteiger partial charge in [-0.05, 0) is 62.6 Å². The highest BCUT2D eigenvalue weighted by Gasteiger charge is 2.40. The zero-order valence-corrected chi connectivity index (χ0v) is 16.8. The van der Waals surface area contributed by atoms with E-state index in [0.717, 1.165) is 26.9 Å². The number of nitrogens with zero attached hydrogens (tertiary/aromatic N) is 1. The first-order valence-electron chi connectivity index (χ1n) is 8.52. The zero-order chi connectivity index (χ0) is 19.0. The Morgan fingerprint density at radius 1 is 0.962 bits per heavy atom. The third-order valence-electron chi connectivity index (χ3n) is 4.52. The molecule has 0 spiro atoms. The molecule has 5 heteroatoms. The fourth-order valence-corrected chi connectivity index (χ4v) is 3.41. The first kappa shape index (κ1) is 18.4. The van der Waals surface area contributed by atoms with E-state index in [0.29, 0.717) is 11.3 Å². The zero-order valence-electron chi connectivity index (χ0n) is 15.3. The fraction of sp³-hybridized carbons (Fsp3) is 0.238. The highest BCUT2D eigenvalue weighted by molar-refractivity contribution is 9.10. The minimum Gasteiger partial charge on any atom is -0.350 e. The van der Waals surface area contributed by atoms with E-state index in [1.54, 1.807) is 0 Å². The number of nitrogens with one attached hydrogen (secondary N) is 1. The van der Waals surface area contributed by atoms with Crippen LogP contribution in [0.5, 0.6) is 0 Å². The van der Waals surface area contributed by atoms with E-state index in [-0.39, 0.29) is 17.9 Å². The molecule has 4 nitrogen and oxygen atoms in total. The summed E-state index contributed by atoms with van der Waals surface area (Å²) in [5.41, 5.74) is 4.49. The first-order valence-corrected chi connectivity index (χ1v) is 9.31. The number of imide groups is 1. The lowest BCUT2D eigenvalue weighted by Gasteiger charge is -2.19. The number of carbonyl (C=O) groups is 2. The summed E-state index contributed by atoms with van der Waals surface area (Å²) in [6.45, 7) is 7.71. The van der Waals surface area contributed by atoms with Crippen LogP contribution in [0.3, 0.4) is 0 Å². The maximum absolute atomic E-state index is 13.0. The highest BCUT2D eigenvalue weighted by atomic mass is 79.9. The summed E-state index contributed by atoms with van der Waals surface area (Å²) in [4.78, 5) is 27.3. The molecule has 0 aromatic heterocycles. The maximum atomic E-state index is 13.0. The van der Waals surface area contributed by atoms with E-state index in [1.807, 2.05) is 70.2 Å². The van der Waals surface area contributed by atoms with Crippen LogP contribution in [0, 0.1) is 13.8 Å². The van der Waals surface area contributed by atoms with Crippen molar-refractivity contribution in [3.63, 3.8) is 0 Å². The van der Waals surface area contributed by atoms with Crippen LogP contribution in [-0.2, 0) is 9.59 Å². The third-order valence-corrected chi connectivity index (χ3v) is 5.01. The van der Waals surface area contributed by atoms with Crippen LogP contribution in [0.4, 0.5) is 5.69 Å². The maximum Gasteiger partial charge on any atom is 0.278 e. The molecule has 0 atom stereocenters. The van der Waals surface area contributed by atoms with Gasteiger partial charge in [-0.15, -0.1) is 0 Å². The number of halogens is 1. The summed E-state index contributed by atoms with van der Waals surface area (Å²) in [5.74, 6) is -0.552. The monoisotopic (exact) mass is 412 g/mol. The lowest BCUT2D eigenvalue weighted by molar-refractivity contribution is -0.138. The number of benzene rings is 2. The Labute approximate surface area is 162 Å². The van der Waals surface area contributed by atoms with Crippen LogP contribution >= 0.6 is 15.9 Å². The van der Waals surface area contributed by atoms with E-state index in [1.165, 1.54) is 4.90 Å². The number of rotatable bonds is 4. The summed E-state index contributed by atoms with van der Waals surface area (Å²) in [6, 6.07) is 13.2. The van der Waals surface area contributed by atoms with Crippen LogP contribution in [0.2, 0.25) is 0 Å². The number of carbonyl (C=O) groups excluding carboxylic acids is 2. The predicted molar refractivity (Wildman–Crippen MR) is 108 cm³/mol. The van der Waals surface area contributed by atoms with Gasteiger partial charge in [0, 0.05) is 16.2 Å². The molecule has 0 bridgehead atoms. The molecule has 3 rings (SSSR count). The van der Waals surface area contributed by atoms with Crippen LogP contribution in [0.1, 0.15) is 30.5 Å². The van der Waals surface area contributed by atoms with Crippen molar-refractivity contribution >= 4 is 39.0 Å². The second-order valence-corrected chi connectivity index (χ2v) is 7.67. The molecule has 1 aliphatic rings. The van der Waals surface area contributed by atoms with E-state index in [9.17, 15) is 9.59 Å². The van der Waals surface area contributed by atoms with Gasteiger partial charge in [-0.2, -0.15) is 0 Å². The van der Waals surface area contributed by atoms with Gasteiger partial charge in [0.25, 0.3) is 11.8 Å². The summed E-state index contributed by atoms with van der Waals surface area (Å²) in [7, 11) is 0. The van der Waals surface area contributed by atoms with Gasteiger partial charge >= 0.3 is 0 Å². The Morgan fingerprint density at radius 3 is 2.31 bits per heavy atom. The average Bonchev–Trinajstić information content (AvgIpc) is 2.81. The van der Waals surface area contributed by atoms with Crippen molar-refractivity contribution in [2.75, 3.05) is 5.32 Å². The van der Waals surface area contributed by atoms with E-state index >= 15 is 0 Å². The molecular formula is C21H21BrN2O2. The molecule has 0 saturated carbocycles. The molecule has 2 amide bonds. The molecule has 0 radical (unpaired) electrons. The van der Waals surface area contributed by atoms with Gasteiger partial charge in [0.15, 0.2) is 0 Å². The van der Waals surface area contributed by atoms with Crippen molar-refractivity contribution in [1.29, 1.82) is 0 Å². The summed E-state index contributed by atoms with van der Waals surface area (Å²) < 4.78 is 0.897. The number of hydrogen-bond acceptors (Lipinski definition) is 3. The lowest BCUT2D eigenvalue weighted by atomic mass is 9.99. The number of amides is 2. The first-order chi connectivity index (χ1) is 12.3. The minimum absolute atomic E-state index is 0.210. The lowest BCUT2D eigenvalue weighted by Crippen LogP contribution is -2.38. The number of hydrogen-bond donors (Lipinski definition) is 1. The molecule has 1 aliphatic heterocycles. The van der Waals surface area contributed by atoms with Gasteiger partial charge in [-0.1, -0.05) is 40.2 Å². The molecule has 0 unspecified atom stereocenters. The van der Waals surface area contributed by atoms with Crippen molar-refractivity contribution in [3.05, 3.63) is 69.3 Å². The predicted octanol–water partition coefficient (Wildman–Crippen LogP) is 4.67.